The van der Waals surface area contributed by atoms with Crippen molar-refractivity contribution in [2.24, 2.45) is 0 Å². The summed E-state index contributed by atoms with van der Waals surface area (Å²) in [6, 6.07) is 19.6. The number of nitriles is 1. The second-order valence-electron chi connectivity index (χ2n) is 6.45. The first-order valence-electron chi connectivity index (χ1n) is 8.91. The van der Waals surface area contributed by atoms with Crippen molar-refractivity contribution in [1.29, 1.82) is 5.26 Å². The van der Waals surface area contributed by atoms with E-state index in [0.29, 0.717) is 29.0 Å². The van der Waals surface area contributed by atoms with Crippen molar-refractivity contribution in [2.75, 3.05) is 10.6 Å². The minimum absolute atomic E-state index is 0.104. The molecule has 6 heteroatoms. The summed E-state index contributed by atoms with van der Waals surface area (Å²) in [7, 11) is 0. The highest BCUT2D eigenvalue weighted by Crippen LogP contribution is 2.20. The molecule has 0 saturated heterocycles. The predicted octanol–water partition coefficient (Wildman–Crippen LogP) is 4.76. The van der Waals surface area contributed by atoms with E-state index in [9.17, 15) is 14.0 Å². The van der Waals surface area contributed by atoms with Crippen LogP contribution in [0.1, 0.15) is 38.8 Å². The van der Waals surface area contributed by atoms with Crippen LogP contribution in [0.3, 0.4) is 0 Å². The van der Waals surface area contributed by atoms with Crippen LogP contribution in [-0.4, -0.2) is 11.7 Å². The number of anilines is 2. The van der Waals surface area contributed by atoms with Crippen molar-refractivity contribution >= 4 is 23.1 Å². The number of rotatable bonds is 6. The molecule has 0 unspecified atom stereocenters. The Labute approximate surface area is 167 Å². The Hall–Kier alpha value is -3.98. The van der Waals surface area contributed by atoms with Gasteiger partial charge in [0, 0.05) is 29.0 Å². The number of ketones is 1. The van der Waals surface area contributed by atoms with Gasteiger partial charge in [-0.25, -0.2) is 4.39 Å². The minimum atomic E-state index is -0.475. The smallest absolute Gasteiger partial charge is 0.255 e. The van der Waals surface area contributed by atoms with Crippen LogP contribution in [0.2, 0.25) is 0 Å². The standard InChI is InChI=1S/C23H18FN3O2/c1-15(28)21-9-8-16(13-25)11-22(21)26-14-17-4-2-7-20(10-17)27-23(29)18-5-3-6-19(24)12-18/h2-12,26H,14H2,1H3,(H,27,29). The first-order valence-corrected chi connectivity index (χ1v) is 8.91. The van der Waals surface area contributed by atoms with Crippen molar-refractivity contribution in [3.05, 3.63) is 94.8 Å². The van der Waals surface area contributed by atoms with Crippen LogP contribution < -0.4 is 10.6 Å². The second-order valence-corrected chi connectivity index (χ2v) is 6.45. The van der Waals surface area contributed by atoms with E-state index < -0.39 is 11.7 Å². The molecule has 29 heavy (non-hydrogen) atoms. The van der Waals surface area contributed by atoms with E-state index in [1.54, 1.807) is 36.4 Å². The fourth-order valence-corrected chi connectivity index (χ4v) is 2.86. The van der Waals surface area contributed by atoms with Crippen LogP contribution >= 0.6 is 0 Å². The third-order valence-electron chi connectivity index (χ3n) is 4.28. The Kier molecular flexibility index (Phi) is 6.00. The fraction of sp³-hybridized carbons (Fsp3) is 0.0870. The molecule has 0 radical (unpaired) electrons. The van der Waals surface area contributed by atoms with E-state index in [1.165, 1.54) is 31.2 Å². The highest BCUT2D eigenvalue weighted by atomic mass is 19.1. The van der Waals surface area contributed by atoms with Gasteiger partial charge in [-0.2, -0.15) is 5.26 Å². The van der Waals surface area contributed by atoms with Gasteiger partial charge in [-0.3, -0.25) is 9.59 Å². The van der Waals surface area contributed by atoms with Gasteiger partial charge >= 0.3 is 0 Å². The van der Waals surface area contributed by atoms with E-state index >= 15 is 0 Å². The lowest BCUT2D eigenvalue weighted by atomic mass is 10.1. The molecule has 2 N–H and O–H groups in total. The summed E-state index contributed by atoms with van der Waals surface area (Å²) in [6.45, 7) is 1.86. The van der Waals surface area contributed by atoms with Crippen LogP contribution in [0, 0.1) is 17.1 Å². The number of benzene rings is 3. The zero-order chi connectivity index (χ0) is 20.8. The summed E-state index contributed by atoms with van der Waals surface area (Å²) in [5, 5.41) is 15.0. The maximum atomic E-state index is 13.3. The summed E-state index contributed by atoms with van der Waals surface area (Å²) in [5.74, 6) is -0.986. The molecule has 0 fully saturated rings. The largest absolute Gasteiger partial charge is 0.380 e. The molecular formula is C23H18FN3O2. The fourth-order valence-electron chi connectivity index (χ4n) is 2.86. The molecule has 144 valence electrons. The monoisotopic (exact) mass is 387 g/mol. The Balaban J connectivity index is 1.73. The molecular weight excluding hydrogens is 369 g/mol. The average molecular weight is 387 g/mol. The first-order chi connectivity index (χ1) is 14.0. The first kappa shape index (κ1) is 19.8. The molecule has 3 aromatic carbocycles. The molecule has 0 atom stereocenters. The molecule has 0 saturated carbocycles. The Bertz CT molecular complexity index is 1120. The molecule has 0 aliphatic heterocycles. The number of carbonyl (C=O) groups is 2. The van der Waals surface area contributed by atoms with Gasteiger partial charge in [-0.15, -0.1) is 0 Å². The molecule has 0 aliphatic carbocycles. The zero-order valence-corrected chi connectivity index (χ0v) is 15.7. The topological polar surface area (TPSA) is 82.0 Å². The lowest BCUT2D eigenvalue weighted by Crippen LogP contribution is -2.12. The summed E-state index contributed by atoms with van der Waals surface area (Å²) >= 11 is 0. The van der Waals surface area contributed by atoms with Gasteiger partial charge < -0.3 is 10.6 Å². The van der Waals surface area contributed by atoms with Gasteiger partial charge in [0.2, 0.25) is 0 Å². The average Bonchev–Trinajstić information content (AvgIpc) is 2.72. The lowest BCUT2D eigenvalue weighted by Gasteiger charge is -2.12. The van der Waals surface area contributed by atoms with Crippen molar-refractivity contribution in [3.8, 4) is 6.07 Å². The summed E-state index contributed by atoms with van der Waals surface area (Å²) in [6.07, 6.45) is 0. The predicted molar refractivity (Wildman–Crippen MR) is 109 cm³/mol. The molecule has 1 amide bonds. The van der Waals surface area contributed by atoms with Crippen LogP contribution in [-0.2, 0) is 6.54 Å². The molecule has 0 bridgehead atoms. The van der Waals surface area contributed by atoms with E-state index in [-0.39, 0.29) is 11.3 Å². The van der Waals surface area contributed by atoms with Gasteiger partial charge in [0.15, 0.2) is 5.78 Å². The number of carbonyl (C=O) groups excluding carboxylic acids is 2. The highest BCUT2D eigenvalue weighted by molar-refractivity contribution is 6.04. The third kappa shape index (κ3) is 5.05. The van der Waals surface area contributed by atoms with Crippen LogP contribution in [0.4, 0.5) is 15.8 Å². The third-order valence-corrected chi connectivity index (χ3v) is 4.28. The highest BCUT2D eigenvalue weighted by Gasteiger charge is 2.10. The van der Waals surface area contributed by atoms with Crippen molar-refractivity contribution in [3.63, 3.8) is 0 Å². The number of nitrogens with one attached hydrogen (secondary N) is 2. The lowest BCUT2D eigenvalue weighted by molar-refractivity contribution is 0.101. The SMILES string of the molecule is CC(=O)c1ccc(C#N)cc1NCc1cccc(NC(=O)c2cccc(F)c2)c1. The van der Waals surface area contributed by atoms with E-state index in [0.717, 1.165) is 5.56 Å². The normalized spacial score (nSPS) is 10.1. The number of amides is 1. The van der Waals surface area contributed by atoms with Crippen molar-refractivity contribution in [2.45, 2.75) is 13.5 Å². The van der Waals surface area contributed by atoms with Gasteiger partial charge in [0.05, 0.1) is 11.6 Å². The Morgan fingerprint density at radius 3 is 2.55 bits per heavy atom. The van der Waals surface area contributed by atoms with Gasteiger partial charge in [-0.05, 0) is 61.0 Å². The maximum absolute atomic E-state index is 13.3. The summed E-state index contributed by atoms with van der Waals surface area (Å²) in [4.78, 5) is 24.1. The second kappa shape index (κ2) is 8.81. The number of nitrogens with zero attached hydrogens (tertiary/aromatic N) is 1. The van der Waals surface area contributed by atoms with E-state index in [1.807, 2.05) is 6.07 Å². The van der Waals surface area contributed by atoms with E-state index in [4.69, 9.17) is 5.26 Å². The van der Waals surface area contributed by atoms with Crippen molar-refractivity contribution in [1.82, 2.24) is 0 Å². The molecule has 5 nitrogen and oxygen atoms in total. The number of hydrogen-bond acceptors (Lipinski definition) is 4. The zero-order valence-electron chi connectivity index (χ0n) is 15.7. The van der Waals surface area contributed by atoms with Crippen LogP contribution in [0.15, 0.2) is 66.7 Å². The molecule has 0 heterocycles. The number of Topliss-reactive ketones (excluding diaryl/α,β-unsaturated/α-hetero) is 1. The van der Waals surface area contributed by atoms with Gasteiger partial charge in [0.1, 0.15) is 5.82 Å². The van der Waals surface area contributed by atoms with E-state index in [2.05, 4.69) is 16.7 Å². The quantitative estimate of drug-likeness (QED) is 0.597. The summed E-state index contributed by atoms with van der Waals surface area (Å²) < 4.78 is 13.3. The molecule has 0 spiro atoms. The maximum Gasteiger partial charge on any atom is 0.255 e. The molecule has 3 aromatic rings. The Morgan fingerprint density at radius 2 is 1.83 bits per heavy atom. The van der Waals surface area contributed by atoms with Crippen LogP contribution in [0.25, 0.3) is 0 Å². The Morgan fingerprint density at radius 1 is 1.03 bits per heavy atom. The molecule has 0 aliphatic rings. The van der Waals surface area contributed by atoms with Gasteiger partial charge in [0.25, 0.3) is 5.91 Å². The number of halogens is 1. The molecule has 0 aromatic heterocycles. The van der Waals surface area contributed by atoms with Gasteiger partial charge in [-0.1, -0.05) is 18.2 Å². The molecule has 3 rings (SSSR count). The summed E-state index contributed by atoms with van der Waals surface area (Å²) in [5.41, 5.74) is 3.18. The number of hydrogen-bond donors (Lipinski definition) is 2. The van der Waals surface area contributed by atoms with Crippen molar-refractivity contribution < 1.29 is 14.0 Å². The minimum Gasteiger partial charge on any atom is -0.380 e. The van der Waals surface area contributed by atoms with Crippen LogP contribution in [0.5, 0.6) is 0 Å².